The highest BCUT2D eigenvalue weighted by molar-refractivity contribution is 7.99. The molecule has 1 atom stereocenters. The molecule has 0 bridgehead atoms. The standard InChI is InChI=1S/C18H29FS/c1-3-4-5-6-7-8-9-10-11-18(19)20-17-14-12-16(2)13-15-17/h12-15,18H,3-11H2,1-2H3. The maximum absolute atomic E-state index is 13.8. The maximum Gasteiger partial charge on any atom is 0.150 e. The summed E-state index contributed by atoms with van der Waals surface area (Å²) in [5, 5.41) is 0. The van der Waals surface area contributed by atoms with E-state index in [1.54, 1.807) is 0 Å². The Morgan fingerprint density at radius 2 is 1.45 bits per heavy atom. The Balaban J connectivity index is 2.00. The van der Waals surface area contributed by atoms with Gasteiger partial charge in [0.15, 0.2) is 0 Å². The van der Waals surface area contributed by atoms with E-state index in [-0.39, 0.29) is 0 Å². The molecule has 0 aliphatic rings. The zero-order chi connectivity index (χ0) is 14.6. The predicted octanol–water partition coefficient (Wildman–Crippen LogP) is 6.91. The number of hydrogen-bond acceptors (Lipinski definition) is 1. The Kier molecular flexibility index (Phi) is 9.82. The predicted molar refractivity (Wildman–Crippen MR) is 89.2 cm³/mol. The Labute approximate surface area is 128 Å². The quantitative estimate of drug-likeness (QED) is 0.315. The fourth-order valence-corrected chi connectivity index (χ4v) is 3.14. The van der Waals surface area contributed by atoms with Gasteiger partial charge in [0.2, 0.25) is 0 Å². The van der Waals surface area contributed by atoms with E-state index < -0.39 is 5.50 Å². The molecule has 1 unspecified atom stereocenters. The van der Waals surface area contributed by atoms with Crippen molar-refractivity contribution in [2.24, 2.45) is 0 Å². The van der Waals surface area contributed by atoms with E-state index in [0.717, 1.165) is 11.3 Å². The van der Waals surface area contributed by atoms with Crippen LogP contribution < -0.4 is 0 Å². The molecule has 0 radical (unpaired) electrons. The fraction of sp³-hybridized carbons (Fsp3) is 0.667. The molecule has 0 aliphatic carbocycles. The van der Waals surface area contributed by atoms with Crippen LogP contribution in [0, 0.1) is 6.92 Å². The van der Waals surface area contributed by atoms with Crippen molar-refractivity contribution in [3.63, 3.8) is 0 Å². The minimum atomic E-state index is -0.752. The molecule has 0 saturated heterocycles. The minimum Gasteiger partial charge on any atom is -0.235 e. The molecule has 1 rings (SSSR count). The number of alkyl halides is 1. The lowest BCUT2D eigenvalue weighted by molar-refractivity contribution is 0.411. The number of rotatable bonds is 11. The van der Waals surface area contributed by atoms with E-state index in [1.165, 1.54) is 62.3 Å². The molecule has 0 saturated carbocycles. The number of thioether (sulfide) groups is 1. The Bertz CT molecular complexity index is 334. The van der Waals surface area contributed by atoms with Gasteiger partial charge in [-0.25, -0.2) is 4.39 Å². The van der Waals surface area contributed by atoms with E-state index in [0.29, 0.717) is 6.42 Å². The molecule has 0 fully saturated rings. The maximum atomic E-state index is 13.8. The first-order valence-electron chi connectivity index (χ1n) is 8.09. The molecule has 0 N–H and O–H groups in total. The van der Waals surface area contributed by atoms with Crippen LogP contribution in [0.4, 0.5) is 4.39 Å². The Morgan fingerprint density at radius 1 is 0.900 bits per heavy atom. The highest BCUT2D eigenvalue weighted by Crippen LogP contribution is 2.28. The smallest absolute Gasteiger partial charge is 0.150 e. The fourth-order valence-electron chi connectivity index (χ4n) is 2.26. The van der Waals surface area contributed by atoms with E-state index in [4.69, 9.17) is 0 Å². The second-order valence-corrected chi connectivity index (χ2v) is 6.82. The van der Waals surface area contributed by atoms with Gasteiger partial charge in [-0.05, 0) is 31.9 Å². The summed E-state index contributed by atoms with van der Waals surface area (Å²) < 4.78 is 13.8. The van der Waals surface area contributed by atoms with Gasteiger partial charge in [-0.2, -0.15) is 0 Å². The van der Waals surface area contributed by atoms with Crippen molar-refractivity contribution in [1.82, 2.24) is 0 Å². The molecule has 1 aromatic rings. The van der Waals surface area contributed by atoms with Crippen LogP contribution in [0.5, 0.6) is 0 Å². The summed E-state index contributed by atoms with van der Waals surface area (Å²) in [5.74, 6) is 0. The number of hydrogen-bond donors (Lipinski definition) is 0. The zero-order valence-corrected chi connectivity index (χ0v) is 13.9. The third-order valence-electron chi connectivity index (χ3n) is 3.57. The second kappa shape index (κ2) is 11.2. The van der Waals surface area contributed by atoms with Gasteiger partial charge in [0, 0.05) is 4.90 Å². The van der Waals surface area contributed by atoms with Crippen molar-refractivity contribution in [2.75, 3.05) is 0 Å². The minimum absolute atomic E-state index is 0.688. The summed E-state index contributed by atoms with van der Waals surface area (Å²) in [6.07, 6.45) is 10.9. The van der Waals surface area contributed by atoms with Crippen molar-refractivity contribution in [3.8, 4) is 0 Å². The monoisotopic (exact) mass is 296 g/mol. The Hall–Kier alpha value is -0.500. The van der Waals surface area contributed by atoms with Gasteiger partial charge < -0.3 is 0 Å². The van der Waals surface area contributed by atoms with Gasteiger partial charge in [-0.15, -0.1) is 0 Å². The third kappa shape index (κ3) is 8.63. The summed E-state index contributed by atoms with van der Waals surface area (Å²) in [5.41, 5.74) is 0.477. The topological polar surface area (TPSA) is 0 Å². The highest BCUT2D eigenvalue weighted by Gasteiger charge is 2.07. The molecule has 114 valence electrons. The van der Waals surface area contributed by atoms with Gasteiger partial charge in [-0.1, -0.05) is 81.3 Å². The number of halogens is 1. The molecule has 20 heavy (non-hydrogen) atoms. The number of aryl methyl sites for hydroxylation is 1. The van der Waals surface area contributed by atoms with E-state index >= 15 is 0 Å². The molecular formula is C18H29FS. The summed E-state index contributed by atoms with van der Waals surface area (Å²) in [4.78, 5) is 1.04. The summed E-state index contributed by atoms with van der Waals surface area (Å²) >= 11 is 1.36. The molecule has 0 spiro atoms. The normalized spacial score (nSPS) is 12.6. The largest absolute Gasteiger partial charge is 0.235 e. The van der Waals surface area contributed by atoms with Gasteiger partial charge in [0.05, 0.1) is 0 Å². The summed E-state index contributed by atoms with van der Waals surface area (Å²) in [7, 11) is 0. The SMILES string of the molecule is CCCCCCCCCCC(F)Sc1ccc(C)cc1. The average molecular weight is 296 g/mol. The van der Waals surface area contributed by atoms with Gasteiger partial charge in [-0.3, -0.25) is 0 Å². The van der Waals surface area contributed by atoms with Crippen LogP contribution in [-0.2, 0) is 0 Å². The molecule has 0 aliphatic heterocycles. The first-order valence-corrected chi connectivity index (χ1v) is 8.97. The van der Waals surface area contributed by atoms with E-state index in [9.17, 15) is 4.39 Å². The molecule has 0 amide bonds. The van der Waals surface area contributed by atoms with Crippen LogP contribution in [0.3, 0.4) is 0 Å². The van der Waals surface area contributed by atoms with Crippen molar-refractivity contribution in [3.05, 3.63) is 29.8 Å². The number of unbranched alkanes of at least 4 members (excludes halogenated alkanes) is 7. The van der Waals surface area contributed by atoms with Crippen molar-refractivity contribution in [1.29, 1.82) is 0 Å². The highest BCUT2D eigenvalue weighted by atomic mass is 32.2. The lowest BCUT2D eigenvalue weighted by Crippen LogP contribution is -1.94. The molecule has 1 aromatic carbocycles. The molecule has 0 heterocycles. The third-order valence-corrected chi connectivity index (χ3v) is 4.61. The van der Waals surface area contributed by atoms with Crippen LogP contribution in [0.2, 0.25) is 0 Å². The van der Waals surface area contributed by atoms with Gasteiger partial charge in [0.1, 0.15) is 5.50 Å². The lowest BCUT2D eigenvalue weighted by atomic mass is 10.1. The van der Waals surface area contributed by atoms with E-state index in [1.807, 2.05) is 24.3 Å². The summed E-state index contributed by atoms with van der Waals surface area (Å²) in [6.45, 7) is 4.30. The first kappa shape index (κ1) is 17.6. The van der Waals surface area contributed by atoms with Crippen LogP contribution in [0.15, 0.2) is 29.2 Å². The Morgan fingerprint density at radius 3 is 2.05 bits per heavy atom. The second-order valence-electron chi connectivity index (χ2n) is 5.60. The van der Waals surface area contributed by atoms with Crippen molar-refractivity contribution in [2.45, 2.75) is 82.0 Å². The van der Waals surface area contributed by atoms with Crippen LogP contribution in [0.1, 0.15) is 70.3 Å². The lowest BCUT2D eigenvalue weighted by Gasteiger charge is -2.08. The van der Waals surface area contributed by atoms with Crippen molar-refractivity contribution < 1.29 is 4.39 Å². The zero-order valence-electron chi connectivity index (χ0n) is 13.0. The first-order chi connectivity index (χ1) is 9.72. The van der Waals surface area contributed by atoms with Crippen LogP contribution in [0.25, 0.3) is 0 Å². The van der Waals surface area contributed by atoms with Crippen LogP contribution >= 0.6 is 11.8 Å². The average Bonchev–Trinajstić information content (AvgIpc) is 2.44. The van der Waals surface area contributed by atoms with Gasteiger partial charge in [0.25, 0.3) is 0 Å². The molecule has 0 aromatic heterocycles. The molecule has 0 nitrogen and oxygen atoms in total. The van der Waals surface area contributed by atoms with E-state index in [2.05, 4.69) is 13.8 Å². The van der Waals surface area contributed by atoms with Gasteiger partial charge >= 0.3 is 0 Å². The molecule has 2 heteroatoms. The van der Waals surface area contributed by atoms with Crippen molar-refractivity contribution >= 4 is 11.8 Å². The molecular weight excluding hydrogens is 267 g/mol. The van der Waals surface area contributed by atoms with Crippen LogP contribution in [-0.4, -0.2) is 5.50 Å². The number of benzene rings is 1. The summed E-state index contributed by atoms with van der Waals surface area (Å²) in [6, 6.07) is 8.12.